The maximum Gasteiger partial charge on any atom is 0.117 e. The van der Waals surface area contributed by atoms with E-state index >= 15 is 0 Å². The highest BCUT2D eigenvalue weighted by Gasteiger charge is 2.10. The number of rotatable bonds is 5. The van der Waals surface area contributed by atoms with Crippen LogP contribution in [0.3, 0.4) is 0 Å². The second kappa shape index (κ2) is 5.67. The lowest BCUT2D eigenvalue weighted by molar-refractivity contribution is 0.337. The molecule has 1 aliphatic heterocycles. The SMILES string of the molecule is c1ccc2c(NCCCN3CCCC3)snc2c1. The first-order chi connectivity index (χ1) is 8.93. The second-order valence-corrected chi connectivity index (χ2v) is 5.63. The number of hydrogen-bond acceptors (Lipinski definition) is 4. The molecule has 1 fully saturated rings. The quantitative estimate of drug-likeness (QED) is 0.838. The smallest absolute Gasteiger partial charge is 0.117 e. The third-order valence-electron chi connectivity index (χ3n) is 3.52. The molecule has 0 spiro atoms. The number of fused-ring (bicyclic) bond motifs is 1. The summed E-state index contributed by atoms with van der Waals surface area (Å²) >= 11 is 1.57. The summed E-state index contributed by atoms with van der Waals surface area (Å²) in [5.74, 6) is 0. The molecule has 1 saturated heterocycles. The lowest BCUT2D eigenvalue weighted by atomic mass is 10.2. The number of hydrogen-bond donors (Lipinski definition) is 1. The van der Waals surface area contributed by atoms with Crippen LogP contribution in [0.5, 0.6) is 0 Å². The third kappa shape index (κ3) is 2.65. The van der Waals surface area contributed by atoms with Crippen molar-refractivity contribution in [3.8, 4) is 0 Å². The minimum Gasteiger partial charge on any atom is -0.375 e. The van der Waals surface area contributed by atoms with Crippen molar-refractivity contribution in [1.29, 1.82) is 0 Å². The highest BCUT2D eigenvalue weighted by Crippen LogP contribution is 2.27. The maximum atomic E-state index is 4.44. The van der Waals surface area contributed by atoms with E-state index in [9.17, 15) is 0 Å². The van der Waals surface area contributed by atoms with Crippen molar-refractivity contribution in [2.24, 2.45) is 0 Å². The first-order valence-electron chi connectivity index (χ1n) is 6.74. The molecular weight excluding hydrogens is 242 g/mol. The predicted octanol–water partition coefficient (Wildman–Crippen LogP) is 3.19. The molecule has 3 nitrogen and oxygen atoms in total. The number of nitrogens with zero attached hydrogens (tertiary/aromatic N) is 2. The molecule has 1 aromatic carbocycles. The third-order valence-corrected chi connectivity index (χ3v) is 4.35. The molecule has 4 heteroatoms. The van der Waals surface area contributed by atoms with Gasteiger partial charge >= 0.3 is 0 Å². The Morgan fingerprint density at radius 3 is 2.94 bits per heavy atom. The van der Waals surface area contributed by atoms with Crippen molar-refractivity contribution in [2.75, 3.05) is 31.5 Å². The van der Waals surface area contributed by atoms with E-state index in [-0.39, 0.29) is 0 Å². The van der Waals surface area contributed by atoms with Crippen LogP contribution in [0.1, 0.15) is 19.3 Å². The average molecular weight is 261 g/mol. The van der Waals surface area contributed by atoms with Gasteiger partial charge in [-0.3, -0.25) is 0 Å². The van der Waals surface area contributed by atoms with E-state index < -0.39 is 0 Å². The molecule has 2 aromatic rings. The Labute approximate surface area is 112 Å². The Balaban J connectivity index is 1.50. The van der Waals surface area contributed by atoms with Gasteiger partial charge in [0, 0.05) is 11.9 Å². The lowest BCUT2D eigenvalue weighted by Gasteiger charge is -2.14. The van der Waals surface area contributed by atoms with E-state index in [2.05, 4.69) is 32.8 Å². The largest absolute Gasteiger partial charge is 0.375 e. The summed E-state index contributed by atoms with van der Waals surface area (Å²) in [5, 5.41) is 5.99. The van der Waals surface area contributed by atoms with Crippen LogP contribution in [0.15, 0.2) is 24.3 Å². The van der Waals surface area contributed by atoms with E-state index in [0.717, 1.165) is 12.1 Å². The summed E-state index contributed by atoms with van der Waals surface area (Å²) in [4.78, 5) is 2.56. The monoisotopic (exact) mass is 261 g/mol. The maximum absolute atomic E-state index is 4.44. The van der Waals surface area contributed by atoms with Crippen LogP contribution in [0.25, 0.3) is 10.9 Å². The van der Waals surface area contributed by atoms with Crippen molar-refractivity contribution in [3.63, 3.8) is 0 Å². The summed E-state index contributed by atoms with van der Waals surface area (Å²) < 4.78 is 4.44. The van der Waals surface area contributed by atoms with Gasteiger partial charge in [0.1, 0.15) is 5.00 Å². The zero-order valence-corrected chi connectivity index (χ0v) is 11.4. The molecule has 1 aliphatic rings. The molecule has 2 heterocycles. The minimum atomic E-state index is 1.04. The fourth-order valence-electron chi connectivity index (χ4n) is 2.53. The minimum absolute atomic E-state index is 1.04. The molecule has 3 rings (SSSR count). The summed E-state index contributed by atoms with van der Waals surface area (Å²) in [5.41, 5.74) is 1.10. The van der Waals surface area contributed by atoms with Gasteiger partial charge in [-0.1, -0.05) is 12.1 Å². The Bertz CT molecular complexity index is 502. The topological polar surface area (TPSA) is 28.2 Å². The Kier molecular flexibility index (Phi) is 3.76. The lowest BCUT2D eigenvalue weighted by Crippen LogP contribution is -2.22. The van der Waals surface area contributed by atoms with Crippen LogP contribution in [0, 0.1) is 0 Å². The Morgan fingerprint density at radius 1 is 1.22 bits per heavy atom. The average Bonchev–Trinajstić information content (AvgIpc) is 3.04. The molecule has 0 bridgehead atoms. The van der Waals surface area contributed by atoms with Gasteiger partial charge in [-0.15, -0.1) is 0 Å². The van der Waals surface area contributed by atoms with Crippen LogP contribution in [-0.2, 0) is 0 Å². The Morgan fingerprint density at radius 2 is 2.06 bits per heavy atom. The Hall–Kier alpha value is -1.13. The van der Waals surface area contributed by atoms with E-state index in [4.69, 9.17) is 0 Å². The summed E-state index contributed by atoms with van der Waals surface area (Å²) in [6, 6.07) is 8.33. The molecule has 0 aliphatic carbocycles. The van der Waals surface area contributed by atoms with Gasteiger partial charge < -0.3 is 10.2 Å². The first kappa shape index (κ1) is 11.9. The van der Waals surface area contributed by atoms with Crippen molar-refractivity contribution in [1.82, 2.24) is 9.27 Å². The molecule has 0 saturated carbocycles. The van der Waals surface area contributed by atoms with E-state index in [1.165, 1.54) is 49.3 Å². The van der Waals surface area contributed by atoms with Gasteiger partial charge in [-0.2, -0.15) is 4.37 Å². The van der Waals surface area contributed by atoms with Gasteiger partial charge in [0.2, 0.25) is 0 Å². The van der Waals surface area contributed by atoms with Gasteiger partial charge in [0.25, 0.3) is 0 Å². The van der Waals surface area contributed by atoms with Gasteiger partial charge in [0.15, 0.2) is 0 Å². The van der Waals surface area contributed by atoms with E-state index in [1.54, 1.807) is 11.5 Å². The van der Waals surface area contributed by atoms with Crippen molar-refractivity contribution < 1.29 is 0 Å². The number of benzene rings is 1. The van der Waals surface area contributed by atoms with Gasteiger partial charge in [-0.05, 0) is 62.6 Å². The standard InChI is InChI=1S/C14H19N3S/c1-2-7-13-12(6-1)14(18-16-13)15-8-5-11-17-9-3-4-10-17/h1-2,6-7,15H,3-5,8-11H2. The van der Waals surface area contributed by atoms with Gasteiger partial charge in [-0.25, -0.2) is 0 Å². The summed E-state index contributed by atoms with van der Waals surface area (Å²) in [6.07, 6.45) is 3.98. The van der Waals surface area contributed by atoms with Crippen LogP contribution in [0.2, 0.25) is 0 Å². The highest BCUT2D eigenvalue weighted by atomic mass is 32.1. The molecule has 0 radical (unpaired) electrons. The predicted molar refractivity (Wildman–Crippen MR) is 78.4 cm³/mol. The van der Waals surface area contributed by atoms with Crippen LogP contribution < -0.4 is 5.32 Å². The molecular formula is C14H19N3S. The molecule has 18 heavy (non-hydrogen) atoms. The molecule has 0 amide bonds. The molecule has 96 valence electrons. The van der Waals surface area contributed by atoms with Crippen molar-refractivity contribution >= 4 is 27.4 Å². The zero-order valence-electron chi connectivity index (χ0n) is 10.6. The molecule has 1 N–H and O–H groups in total. The van der Waals surface area contributed by atoms with E-state index in [1.807, 2.05) is 6.07 Å². The molecule has 0 unspecified atom stereocenters. The number of likely N-dealkylation sites (tertiary alicyclic amines) is 1. The summed E-state index contributed by atoms with van der Waals surface area (Å²) in [6.45, 7) is 4.86. The van der Waals surface area contributed by atoms with Crippen LogP contribution >= 0.6 is 11.5 Å². The van der Waals surface area contributed by atoms with E-state index in [0.29, 0.717) is 0 Å². The first-order valence-corrected chi connectivity index (χ1v) is 7.51. The second-order valence-electron chi connectivity index (χ2n) is 4.86. The fourth-order valence-corrected chi connectivity index (χ4v) is 3.31. The number of nitrogens with one attached hydrogen (secondary N) is 1. The fraction of sp³-hybridized carbons (Fsp3) is 0.500. The normalized spacial score (nSPS) is 16.4. The van der Waals surface area contributed by atoms with Gasteiger partial charge in [0.05, 0.1) is 5.52 Å². The molecule has 1 aromatic heterocycles. The molecule has 0 atom stereocenters. The number of anilines is 1. The van der Waals surface area contributed by atoms with Crippen molar-refractivity contribution in [3.05, 3.63) is 24.3 Å². The van der Waals surface area contributed by atoms with Crippen LogP contribution in [-0.4, -0.2) is 35.5 Å². The van der Waals surface area contributed by atoms with Crippen molar-refractivity contribution in [2.45, 2.75) is 19.3 Å². The van der Waals surface area contributed by atoms with Crippen LogP contribution in [0.4, 0.5) is 5.00 Å². The number of aromatic nitrogens is 1. The summed E-state index contributed by atoms with van der Waals surface area (Å²) in [7, 11) is 0. The highest BCUT2D eigenvalue weighted by molar-refractivity contribution is 7.11. The zero-order chi connectivity index (χ0) is 12.2.